The van der Waals surface area contributed by atoms with E-state index in [4.69, 9.17) is 11.6 Å². The molecule has 0 heterocycles. The second kappa shape index (κ2) is 5.99. The molecule has 1 atom stereocenters. The summed E-state index contributed by atoms with van der Waals surface area (Å²) in [5, 5.41) is 0.611. The summed E-state index contributed by atoms with van der Waals surface area (Å²) < 4.78 is 40.6. The second-order valence-corrected chi connectivity index (χ2v) is 7.59. The van der Waals surface area contributed by atoms with E-state index >= 15 is 0 Å². The summed E-state index contributed by atoms with van der Waals surface area (Å²) in [4.78, 5) is 0.0634. The number of benzene rings is 2. The molecule has 1 aliphatic rings. The molecule has 1 saturated carbocycles. The zero-order valence-electron chi connectivity index (χ0n) is 11.7. The van der Waals surface area contributed by atoms with Gasteiger partial charge < -0.3 is 0 Å². The number of rotatable bonds is 5. The standard InChI is InChI=1S/C16H15ClFNO2S/c17-13-5-3-12(4-6-13)16(11-1-2-11)19-22(20,21)15-9-7-14(18)8-10-15/h3-11,16,19H,1-2H2/t16-/m0/s1. The van der Waals surface area contributed by atoms with Crippen molar-refractivity contribution in [2.45, 2.75) is 23.8 Å². The van der Waals surface area contributed by atoms with Gasteiger partial charge in [0.15, 0.2) is 0 Å². The van der Waals surface area contributed by atoms with Crippen LogP contribution in [0, 0.1) is 11.7 Å². The number of hydrogen-bond donors (Lipinski definition) is 1. The van der Waals surface area contributed by atoms with Gasteiger partial charge in [0.2, 0.25) is 10.0 Å². The molecule has 1 N–H and O–H groups in total. The van der Waals surface area contributed by atoms with E-state index in [2.05, 4.69) is 4.72 Å². The molecular weight excluding hydrogens is 325 g/mol. The molecule has 2 aromatic rings. The normalized spacial score (nSPS) is 16.5. The highest BCUT2D eigenvalue weighted by molar-refractivity contribution is 7.89. The van der Waals surface area contributed by atoms with E-state index in [1.54, 1.807) is 12.1 Å². The van der Waals surface area contributed by atoms with E-state index in [0.29, 0.717) is 5.02 Å². The molecule has 1 fully saturated rings. The van der Waals surface area contributed by atoms with Crippen LogP contribution in [0.3, 0.4) is 0 Å². The highest BCUT2D eigenvalue weighted by Gasteiger charge is 2.35. The number of halogens is 2. The minimum atomic E-state index is -3.69. The molecule has 0 radical (unpaired) electrons. The van der Waals surface area contributed by atoms with Crippen molar-refractivity contribution < 1.29 is 12.8 Å². The van der Waals surface area contributed by atoms with E-state index in [9.17, 15) is 12.8 Å². The Morgan fingerprint density at radius 3 is 2.18 bits per heavy atom. The first-order valence-electron chi connectivity index (χ1n) is 6.99. The van der Waals surface area contributed by atoms with Crippen molar-refractivity contribution in [3.8, 4) is 0 Å². The third-order valence-electron chi connectivity index (χ3n) is 3.73. The molecular formula is C16H15ClFNO2S. The van der Waals surface area contributed by atoms with Crippen molar-refractivity contribution in [3.05, 3.63) is 64.9 Å². The zero-order valence-corrected chi connectivity index (χ0v) is 13.2. The number of nitrogens with one attached hydrogen (secondary N) is 1. The van der Waals surface area contributed by atoms with Crippen LogP contribution in [0.1, 0.15) is 24.4 Å². The quantitative estimate of drug-likeness (QED) is 0.897. The largest absolute Gasteiger partial charge is 0.241 e. The molecule has 22 heavy (non-hydrogen) atoms. The Kier molecular flexibility index (Phi) is 4.21. The molecule has 0 unspecified atom stereocenters. The first-order valence-corrected chi connectivity index (χ1v) is 8.85. The summed E-state index contributed by atoms with van der Waals surface area (Å²) in [6, 6.07) is 11.7. The van der Waals surface area contributed by atoms with Gasteiger partial charge in [-0.2, -0.15) is 0 Å². The monoisotopic (exact) mass is 339 g/mol. The minimum absolute atomic E-state index is 0.0634. The molecule has 3 rings (SSSR count). The predicted molar refractivity (Wildman–Crippen MR) is 83.6 cm³/mol. The molecule has 1 aliphatic carbocycles. The van der Waals surface area contributed by atoms with Crippen LogP contribution in [0.4, 0.5) is 4.39 Å². The Balaban J connectivity index is 1.87. The van der Waals surface area contributed by atoms with Crippen LogP contribution in [0.25, 0.3) is 0 Å². The van der Waals surface area contributed by atoms with Crippen molar-refractivity contribution in [3.63, 3.8) is 0 Å². The second-order valence-electron chi connectivity index (χ2n) is 5.44. The van der Waals surface area contributed by atoms with E-state index < -0.39 is 15.8 Å². The Bertz CT molecular complexity index is 756. The molecule has 3 nitrogen and oxygen atoms in total. The maximum Gasteiger partial charge on any atom is 0.241 e. The van der Waals surface area contributed by atoms with E-state index in [-0.39, 0.29) is 16.9 Å². The molecule has 116 valence electrons. The molecule has 2 aromatic carbocycles. The van der Waals surface area contributed by atoms with Gasteiger partial charge in [-0.1, -0.05) is 23.7 Å². The third-order valence-corrected chi connectivity index (χ3v) is 5.44. The van der Waals surface area contributed by atoms with Crippen LogP contribution >= 0.6 is 11.6 Å². The summed E-state index contributed by atoms with van der Waals surface area (Å²) in [5.74, 6) is -0.174. The Labute approximate surface area is 134 Å². The summed E-state index contributed by atoms with van der Waals surface area (Å²) in [7, 11) is -3.69. The van der Waals surface area contributed by atoms with Crippen LogP contribution in [0.2, 0.25) is 5.02 Å². The van der Waals surface area contributed by atoms with Gasteiger partial charge in [0.1, 0.15) is 5.82 Å². The van der Waals surface area contributed by atoms with Crippen molar-refractivity contribution >= 4 is 21.6 Å². The van der Waals surface area contributed by atoms with Gasteiger partial charge in [-0.3, -0.25) is 0 Å². The van der Waals surface area contributed by atoms with E-state index in [1.165, 1.54) is 12.1 Å². The molecule has 0 aliphatic heterocycles. The summed E-state index contributed by atoms with van der Waals surface area (Å²) in [5.41, 5.74) is 0.887. The summed E-state index contributed by atoms with van der Waals surface area (Å²) in [6.07, 6.45) is 1.97. The lowest BCUT2D eigenvalue weighted by molar-refractivity contribution is 0.529. The fourth-order valence-electron chi connectivity index (χ4n) is 2.39. The maximum atomic E-state index is 13.0. The van der Waals surface area contributed by atoms with Crippen molar-refractivity contribution in [1.82, 2.24) is 4.72 Å². The van der Waals surface area contributed by atoms with Crippen LogP contribution < -0.4 is 4.72 Å². The molecule has 0 bridgehead atoms. The topological polar surface area (TPSA) is 46.2 Å². The van der Waals surface area contributed by atoms with Gasteiger partial charge in [0.25, 0.3) is 0 Å². The third kappa shape index (κ3) is 3.48. The molecule has 6 heteroatoms. The lowest BCUT2D eigenvalue weighted by Gasteiger charge is -2.19. The molecule has 0 saturated heterocycles. The van der Waals surface area contributed by atoms with Gasteiger partial charge in [-0.05, 0) is 60.7 Å². The maximum absolute atomic E-state index is 13.0. The molecule has 0 spiro atoms. The van der Waals surface area contributed by atoms with Crippen LogP contribution in [0.15, 0.2) is 53.4 Å². The first-order chi connectivity index (χ1) is 10.5. The van der Waals surface area contributed by atoms with Gasteiger partial charge in [-0.25, -0.2) is 17.5 Å². The molecule has 0 amide bonds. The summed E-state index contributed by atoms with van der Waals surface area (Å²) in [6.45, 7) is 0. The Morgan fingerprint density at radius 1 is 1.05 bits per heavy atom. The van der Waals surface area contributed by atoms with Crippen molar-refractivity contribution in [2.75, 3.05) is 0 Å². The van der Waals surface area contributed by atoms with Crippen LogP contribution in [0.5, 0.6) is 0 Å². The Hall–Kier alpha value is -1.43. The van der Waals surface area contributed by atoms with Gasteiger partial charge >= 0.3 is 0 Å². The fraction of sp³-hybridized carbons (Fsp3) is 0.250. The fourth-order valence-corrected chi connectivity index (χ4v) is 3.80. The average molecular weight is 340 g/mol. The lowest BCUT2D eigenvalue weighted by Crippen LogP contribution is -2.30. The van der Waals surface area contributed by atoms with Gasteiger partial charge in [0, 0.05) is 11.1 Å². The molecule has 0 aromatic heterocycles. The van der Waals surface area contributed by atoms with Crippen molar-refractivity contribution in [2.24, 2.45) is 5.92 Å². The zero-order chi connectivity index (χ0) is 15.7. The SMILES string of the molecule is O=S(=O)(N[C@H](c1ccc(Cl)cc1)C1CC1)c1ccc(F)cc1. The van der Waals surface area contributed by atoms with Crippen LogP contribution in [-0.4, -0.2) is 8.42 Å². The smallest absolute Gasteiger partial charge is 0.207 e. The average Bonchev–Trinajstić information content (AvgIpc) is 3.31. The minimum Gasteiger partial charge on any atom is -0.207 e. The van der Waals surface area contributed by atoms with Gasteiger partial charge in [0.05, 0.1) is 4.90 Å². The highest BCUT2D eigenvalue weighted by atomic mass is 35.5. The predicted octanol–water partition coefficient (Wildman–Crippen LogP) is 3.91. The highest BCUT2D eigenvalue weighted by Crippen LogP contribution is 2.41. The van der Waals surface area contributed by atoms with Gasteiger partial charge in [-0.15, -0.1) is 0 Å². The number of hydrogen-bond acceptors (Lipinski definition) is 2. The first kappa shape index (κ1) is 15.5. The summed E-state index contributed by atoms with van der Waals surface area (Å²) >= 11 is 5.88. The van der Waals surface area contributed by atoms with E-state index in [1.807, 2.05) is 12.1 Å². The number of sulfonamides is 1. The van der Waals surface area contributed by atoms with Crippen LogP contribution in [-0.2, 0) is 10.0 Å². The van der Waals surface area contributed by atoms with Crippen molar-refractivity contribution in [1.29, 1.82) is 0 Å². The van der Waals surface area contributed by atoms with E-state index in [0.717, 1.165) is 30.5 Å². The lowest BCUT2D eigenvalue weighted by atomic mass is 10.0. The Morgan fingerprint density at radius 2 is 1.64 bits per heavy atom.